The van der Waals surface area contributed by atoms with E-state index in [1.165, 1.54) is 22.5 Å². The second-order valence-corrected chi connectivity index (χ2v) is 4.34. The van der Waals surface area contributed by atoms with E-state index in [-0.39, 0.29) is 0 Å². The topological polar surface area (TPSA) is 4.93 Å². The van der Waals surface area contributed by atoms with Crippen molar-refractivity contribution in [3.8, 4) is 0 Å². The van der Waals surface area contributed by atoms with Crippen molar-refractivity contribution >= 4 is 10.9 Å². The Bertz CT molecular complexity index is 546. The van der Waals surface area contributed by atoms with Crippen molar-refractivity contribution < 1.29 is 4.39 Å². The van der Waals surface area contributed by atoms with Gasteiger partial charge < -0.3 is 4.57 Å². The third-order valence-corrected chi connectivity index (χ3v) is 2.89. The van der Waals surface area contributed by atoms with Gasteiger partial charge in [-0.05, 0) is 38.8 Å². The lowest BCUT2D eigenvalue weighted by molar-refractivity contribution is 0.719. The van der Waals surface area contributed by atoms with Crippen molar-refractivity contribution in [3.05, 3.63) is 60.6 Å². The number of hydrogen-bond donors (Lipinski definition) is 0. The predicted molar refractivity (Wildman–Crippen MR) is 93.4 cm³/mol. The van der Waals surface area contributed by atoms with Crippen molar-refractivity contribution in [2.45, 2.75) is 47.6 Å². The van der Waals surface area contributed by atoms with Crippen molar-refractivity contribution in [2.24, 2.45) is 0 Å². The van der Waals surface area contributed by atoms with Crippen LogP contribution in [0.4, 0.5) is 4.39 Å². The largest absolute Gasteiger partial charge is 0.347 e. The second-order valence-electron chi connectivity index (χ2n) is 4.34. The molecular formula is C19H28FN. The van der Waals surface area contributed by atoms with Crippen molar-refractivity contribution in [1.82, 2.24) is 4.57 Å². The summed E-state index contributed by atoms with van der Waals surface area (Å²) in [6.45, 7) is 10.9. The van der Waals surface area contributed by atoms with E-state index in [2.05, 4.69) is 61.0 Å². The number of rotatable bonds is 3. The molecule has 1 aromatic carbocycles. The van der Waals surface area contributed by atoms with Crippen LogP contribution >= 0.6 is 0 Å². The summed E-state index contributed by atoms with van der Waals surface area (Å²) in [5, 5.41) is 1.37. The Balaban J connectivity index is 0.000000579. The third-order valence-electron chi connectivity index (χ3n) is 2.89. The van der Waals surface area contributed by atoms with Gasteiger partial charge in [0.25, 0.3) is 0 Å². The molecule has 0 atom stereocenters. The zero-order chi connectivity index (χ0) is 16.1. The standard InChI is InChI=1S/C14H17N.C3H5F.C2H6/c1-3-4-7-10-15-11-12(2)13-8-5-6-9-14(13)15;1-2-3-4;1-2/h3-6,8-9,11H,7,10H2,1-2H3;2-3H,1H3;1-2H3/b4-3-;3-2+;. The molecule has 116 valence electrons. The van der Waals surface area contributed by atoms with Crippen molar-refractivity contribution in [3.63, 3.8) is 0 Å². The molecule has 0 radical (unpaired) electrons. The average Bonchev–Trinajstić information content (AvgIpc) is 2.87. The van der Waals surface area contributed by atoms with E-state index in [0.29, 0.717) is 6.33 Å². The quantitative estimate of drug-likeness (QED) is 0.574. The fourth-order valence-electron chi connectivity index (χ4n) is 2.00. The van der Waals surface area contributed by atoms with Gasteiger partial charge in [-0.25, -0.2) is 4.39 Å². The summed E-state index contributed by atoms with van der Waals surface area (Å²) in [4.78, 5) is 0. The summed E-state index contributed by atoms with van der Waals surface area (Å²) in [6.07, 6.45) is 9.51. The molecule has 0 saturated heterocycles. The molecule has 2 aromatic rings. The van der Waals surface area contributed by atoms with Gasteiger partial charge in [-0.2, -0.15) is 0 Å². The molecule has 0 aliphatic carbocycles. The van der Waals surface area contributed by atoms with Crippen molar-refractivity contribution in [2.75, 3.05) is 0 Å². The first-order valence-electron chi connectivity index (χ1n) is 7.61. The van der Waals surface area contributed by atoms with Crippen LogP contribution in [0, 0.1) is 6.92 Å². The number of nitrogens with zero attached hydrogens (tertiary/aromatic N) is 1. The molecule has 0 amide bonds. The van der Waals surface area contributed by atoms with Crippen LogP contribution in [-0.2, 0) is 6.54 Å². The average molecular weight is 289 g/mol. The van der Waals surface area contributed by atoms with E-state index in [9.17, 15) is 4.39 Å². The lowest BCUT2D eigenvalue weighted by atomic mass is 10.2. The molecule has 0 spiro atoms. The number of aryl methyl sites for hydroxylation is 2. The number of para-hydroxylation sites is 1. The summed E-state index contributed by atoms with van der Waals surface area (Å²) in [5.74, 6) is 0. The molecule has 0 aliphatic rings. The Morgan fingerprint density at radius 2 is 1.71 bits per heavy atom. The summed E-state index contributed by atoms with van der Waals surface area (Å²) >= 11 is 0. The van der Waals surface area contributed by atoms with Gasteiger partial charge in [-0.15, -0.1) is 0 Å². The highest BCUT2D eigenvalue weighted by molar-refractivity contribution is 5.83. The van der Waals surface area contributed by atoms with Gasteiger partial charge in [-0.3, -0.25) is 0 Å². The van der Waals surface area contributed by atoms with Gasteiger partial charge in [0.2, 0.25) is 0 Å². The Morgan fingerprint density at radius 1 is 1.10 bits per heavy atom. The number of fused-ring (bicyclic) bond motifs is 1. The van der Waals surface area contributed by atoms with E-state index >= 15 is 0 Å². The van der Waals surface area contributed by atoms with E-state index < -0.39 is 0 Å². The Morgan fingerprint density at radius 3 is 2.29 bits per heavy atom. The molecule has 0 N–H and O–H groups in total. The van der Waals surface area contributed by atoms with Crippen molar-refractivity contribution in [1.29, 1.82) is 0 Å². The lowest BCUT2D eigenvalue weighted by Gasteiger charge is -2.01. The van der Waals surface area contributed by atoms with Crippen LogP contribution in [0.15, 0.2) is 55.0 Å². The molecule has 0 aliphatic heterocycles. The Labute approximate surface area is 128 Å². The molecule has 0 saturated carbocycles. The van der Waals surface area contributed by atoms with Gasteiger partial charge in [0.15, 0.2) is 0 Å². The van der Waals surface area contributed by atoms with Crippen LogP contribution in [0.1, 0.15) is 39.7 Å². The number of benzene rings is 1. The van der Waals surface area contributed by atoms with Gasteiger partial charge >= 0.3 is 0 Å². The second kappa shape index (κ2) is 12.0. The molecule has 0 fully saturated rings. The van der Waals surface area contributed by atoms with Crippen LogP contribution in [0.5, 0.6) is 0 Å². The molecule has 2 rings (SSSR count). The third kappa shape index (κ3) is 6.44. The van der Waals surface area contributed by atoms with Gasteiger partial charge in [0, 0.05) is 23.6 Å². The van der Waals surface area contributed by atoms with Gasteiger partial charge in [0.05, 0.1) is 6.33 Å². The van der Waals surface area contributed by atoms with Crippen LogP contribution in [0.25, 0.3) is 10.9 Å². The van der Waals surface area contributed by atoms with Gasteiger partial charge in [0.1, 0.15) is 0 Å². The highest BCUT2D eigenvalue weighted by atomic mass is 19.1. The SMILES string of the molecule is C/C=C/F.C/C=C\CCn1cc(C)c2ccccc21.CC. The normalized spacial score (nSPS) is 10.4. The maximum absolute atomic E-state index is 10.5. The molecule has 21 heavy (non-hydrogen) atoms. The lowest BCUT2D eigenvalue weighted by Crippen LogP contribution is -1.93. The van der Waals surface area contributed by atoms with Crippen LogP contribution < -0.4 is 0 Å². The molecule has 2 heteroatoms. The van der Waals surface area contributed by atoms with Crippen LogP contribution in [0.2, 0.25) is 0 Å². The van der Waals surface area contributed by atoms with E-state index in [1.54, 1.807) is 6.92 Å². The summed E-state index contributed by atoms with van der Waals surface area (Å²) in [7, 11) is 0. The van der Waals surface area contributed by atoms with E-state index in [0.717, 1.165) is 13.0 Å². The maximum Gasteiger partial charge on any atom is 0.0824 e. The zero-order valence-electron chi connectivity index (χ0n) is 13.9. The van der Waals surface area contributed by atoms with Crippen LogP contribution in [-0.4, -0.2) is 4.57 Å². The first-order chi connectivity index (χ1) is 10.2. The van der Waals surface area contributed by atoms with Gasteiger partial charge in [-0.1, -0.05) is 50.3 Å². The minimum Gasteiger partial charge on any atom is -0.347 e. The Kier molecular flexibility index (Phi) is 10.9. The molecule has 1 heterocycles. The van der Waals surface area contributed by atoms with Crippen LogP contribution in [0.3, 0.4) is 0 Å². The highest BCUT2D eigenvalue weighted by Gasteiger charge is 2.02. The number of hydrogen-bond acceptors (Lipinski definition) is 0. The first kappa shape index (κ1) is 19.2. The minimum absolute atomic E-state index is 0.500. The number of aromatic nitrogens is 1. The smallest absolute Gasteiger partial charge is 0.0824 e. The molecule has 0 bridgehead atoms. The van der Waals surface area contributed by atoms with E-state index in [1.807, 2.05) is 13.8 Å². The minimum atomic E-state index is 0.500. The summed E-state index contributed by atoms with van der Waals surface area (Å²) in [5.41, 5.74) is 2.71. The maximum atomic E-state index is 10.5. The monoisotopic (exact) mass is 289 g/mol. The fraction of sp³-hybridized carbons (Fsp3) is 0.368. The summed E-state index contributed by atoms with van der Waals surface area (Å²) < 4.78 is 12.9. The molecule has 1 nitrogen and oxygen atoms in total. The highest BCUT2D eigenvalue weighted by Crippen LogP contribution is 2.20. The zero-order valence-corrected chi connectivity index (χ0v) is 13.9. The molecule has 0 unspecified atom stereocenters. The number of allylic oxidation sites excluding steroid dienone is 3. The summed E-state index contributed by atoms with van der Waals surface area (Å²) in [6, 6.07) is 8.59. The molecule has 1 aromatic heterocycles. The fourth-order valence-corrected chi connectivity index (χ4v) is 2.00. The van der Waals surface area contributed by atoms with E-state index in [4.69, 9.17) is 0 Å². The molecular weight excluding hydrogens is 261 g/mol. The first-order valence-corrected chi connectivity index (χ1v) is 7.61. The number of halogens is 1. The Hall–Kier alpha value is -1.83. The predicted octanol–water partition coefficient (Wildman–Crippen LogP) is 6.43.